The summed E-state index contributed by atoms with van der Waals surface area (Å²) in [6.45, 7) is 1.86. The minimum absolute atomic E-state index is 0.140. The zero-order valence-electron chi connectivity index (χ0n) is 10.2. The SMILES string of the molecule is CCC(=O)c1cccc(-c2ccc(C=O)cc2)c1. The molecule has 18 heavy (non-hydrogen) atoms. The van der Waals surface area contributed by atoms with E-state index in [2.05, 4.69) is 0 Å². The number of hydrogen-bond acceptors (Lipinski definition) is 2. The average Bonchev–Trinajstić information content (AvgIpc) is 2.46. The van der Waals surface area contributed by atoms with Gasteiger partial charge in [-0.25, -0.2) is 0 Å². The molecular formula is C16H14O2. The lowest BCUT2D eigenvalue weighted by molar-refractivity contribution is 0.0988. The summed E-state index contributed by atoms with van der Waals surface area (Å²) in [6.07, 6.45) is 1.33. The second kappa shape index (κ2) is 5.41. The maximum absolute atomic E-state index is 11.7. The highest BCUT2D eigenvalue weighted by Gasteiger charge is 2.04. The molecule has 0 aromatic heterocycles. The number of aldehydes is 1. The molecule has 0 fully saturated rings. The Morgan fingerprint density at radius 2 is 1.78 bits per heavy atom. The van der Waals surface area contributed by atoms with Crippen LogP contribution in [-0.4, -0.2) is 12.1 Å². The van der Waals surface area contributed by atoms with Gasteiger partial charge < -0.3 is 0 Å². The zero-order chi connectivity index (χ0) is 13.0. The quantitative estimate of drug-likeness (QED) is 0.600. The van der Waals surface area contributed by atoms with Crippen LogP contribution in [0.3, 0.4) is 0 Å². The lowest BCUT2D eigenvalue weighted by atomic mass is 10.00. The van der Waals surface area contributed by atoms with Crippen molar-refractivity contribution in [3.05, 3.63) is 59.7 Å². The highest BCUT2D eigenvalue weighted by atomic mass is 16.1. The molecule has 0 bridgehead atoms. The van der Waals surface area contributed by atoms with Crippen molar-refractivity contribution in [1.29, 1.82) is 0 Å². The van der Waals surface area contributed by atoms with Gasteiger partial charge >= 0.3 is 0 Å². The van der Waals surface area contributed by atoms with Gasteiger partial charge in [-0.15, -0.1) is 0 Å². The van der Waals surface area contributed by atoms with E-state index in [0.717, 1.165) is 23.0 Å². The molecule has 0 atom stereocenters. The first-order valence-corrected chi connectivity index (χ1v) is 5.93. The average molecular weight is 238 g/mol. The van der Waals surface area contributed by atoms with E-state index in [1.807, 2.05) is 43.3 Å². The molecule has 2 nitrogen and oxygen atoms in total. The molecule has 2 aromatic rings. The second-order valence-corrected chi connectivity index (χ2v) is 4.10. The fourth-order valence-corrected chi connectivity index (χ4v) is 1.83. The Morgan fingerprint density at radius 3 is 2.39 bits per heavy atom. The molecule has 2 rings (SSSR count). The van der Waals surface area contributed by atoms with Crippen LogP contribution in [0.4, 0.5) is 0 Å². The Balaban J connectivity index is 2.37. The van der Waals surface area contributed by atoms with Crippen LogP contribution in [0.15, 0.2) is 48.5 Å². The van der Waals surface area contributed by atoms with Gasteiger partial charge in [0, 0.05) is 17.5 Å². The van der Waals surface area contributed by atoms with Gasteiger partial charge in [-0.1, -0.05) is 49.4 Å². The molecule has 0 saturated carbocycles. The van der Waals surface area contributed by atoms with Gasteiger partial charge in [-0.2, -0.15) is 0 Å². The summed E-state index contributed by atoms with van der Waals surface area (Å²) in [4.78, 5) is 22.2. The summed E-state index contributed by atoms with van der Waals surface area (Å²) in [5, 5.41) is 0. The predicted molar refractivity (Wildman–Crippen MR) is 71.9 cm³/mol. The largest absolute Gasteiger partial charge is 0.298 e. The van der Waals surface area contributed by atoms with Crippen molar-refractivity contribution < 1.29 is 9.59 Å². The molecule has 0 aliphatic rings. The van der Waals surface area contributed by atoms with E-state index >= 15 is 0 Å². The lowest BCUT2D eigenvalue weighted by Gasteiger charge is -2.04. The van der Waals surface area contributed by atoms with E-state index in [1.54, 1.807) is 12.1 Å². The van der Waals surface area contributed by atoms with Gasteiger partial charge in [0.2, 0.25) is 0 Å². The van der Waals surface area contributed by atoms with Crippen LogP contribution >= 0.6 is 0 Å². The third-order valence-electron chi connectivity index (χ3n) is 2.89. The van der Waals surface area contributed by atoms with Crippen LogP contribution in [0.25, 0.3) is 11.1 Å². The molecule has 0 saturated heterocycles. The number of carbonyl (C=O) groups excluding carboxylic acids is 2. The molecule has 2 aromatic carbocycles. The van der Waals surface area contributed by atoms with Crippen molar-refractivity contribution in [2.45, 2.75) is 13.3 Å². The Labute approximate surface area is 106 Å². The molecular weight excluding hydrogens is 224 g/mol. The summed E-state index contributed by atoms with van der Waals surface area (Å²) >= 11 is 0. The predicted octanol–water partition coefficient (Wildman–Crippen LogP) is 3.76. The normalized spacial score (nSPS) is 10.1. The Morgan fingerprint density at radius 1 is 1.06 bits per heavy atom. The van der Waals surface area contributed by atoms with Gasteiger partial charge in [0.05, 0.1) is 0 Å². The topological polar surface area (TPSA) is 34.1 Å². The summed E-state index contributed by atoms with van der Waals surface area (Å²) in [5.74, 6) is 0.140. The molecule has 0 amide bonds. The summed E-state index contributed by atoms with van der Waals surface area (Å²) in [6, 6.07) is 14.9. The molecule has 0 unspecified atom stereocenters. The molecule has 0 heterocycles. The third kappa shape index (κ3) is 2.54. The molecule has 0 N–H and O–H groups in total. The fourth-order valence-electron chi connectivity index (χ4n) is 1.83. The van der Waals surface area contributed by atoms with E-state index in [9.17, 15) is 9.59 Å². The number of ketones is 1. The number of rotatable bonds is 4. The number of carbonyl (C=O) groups is 2. The Bertz CT molecular complexity index is 568. The fraction of sp³-hybridized carbons (Fsp3) is 0.125. The minimum atomic E-state index is 0.140. The Hall–Kier alpha value is -2.22. The number of hydrogen-bond donors (Lipinski definition) is 0. The van der Waals surface area contributed by atoms with E-state index in [1.165, 1.54) is 0 Å². The highest BCUT2D eigenvalue weighted by molar-refractivity contribution is 5.97. The van der Waals surface area contributed by atoms with Crippen molar-refractivity contribution in [2.75, 3.05) is 0 Å². The van der Waals surface area contributed by atoms with Crippen LogP contribution in [0.2, 0.25) is 0 Å². The zero-order valence-corrected chi connectivity index (χ0v) is 10.2. The van der Waals surface area contributed by atoms with Crippen molar-refractivity contribution in [1.82, 2.24) is 0 Å². The number of benzene rings is 2. The maximum atomic E-state index is 11.7. The minimum Gasteiger partial charge on any atom is -0.298 e. The first kappa shape index (κ1) is 12.2. The van der Waals surface area contributed by atoms with E-state index in [4.69, 9.17) is 0 Å². The molecule has 90 valence electrons. The van der Waals surface area contributed by atoms with Crippen molar-refractivity contribution in [3.8, 4) is 11.1 Å². The molecule has 0 radical (unpaired) electrons. The highest BCUT2D eigenvalue weighted by Crippen LogP contribution is 2.21. The van der Waals surface area contributed by atoms with Gasteiger partial charge in [-0.05, 0) is 17.2 Å². The molecule has 2 heteroatoms. The van der Waals surface area contributed by atoms with Crippen molar-refractivity contribution >= 4 is 12.1 Å². The summed E-state index contributed by atoms with van der Waals surface area (Å²) in [7, 11) is 0. The van der Waals surface area contributed by atoms with E-state index < -0.39 is 0 Å². The molecule has 0 aliphatic heterocycles. The van der Waals surface area contributed by atoms with Crippen LogP contribution < -0.4 is 0 Å². The Kier molecular flexibility index (Phi) is 3.68. The smallest absolute Gasteiger partial charge is 0.162 e. The van der Waals surface area contributed by atoms with Gasteiger partial charge in [0.1, 0.15) is 6.29 Å². The summed E-state index contributed by atoms with van der Waals surface area (Å²) < 4.78 is 0. The van der Waals surface area contributed by atoms with Crippen LogP contribution in [-0.2, 0) is 0 Å². The van der Waals surface area contributed by atoms with Gasteiger partial charge in [-0.3, -0.25) is 9.59 Å². The second-order valence-electron chi connectivity index (χ2n) is 4.10. The van der Waals surface area contributed by atoms with E-state index in [0.29, 0.717) is 12.0 Å². The first-order valence-electron chi connectivity index (χ1n) is 5.93. The van der Waals surface area contributed by atoms with E-state index in [-0.39, 0.29) is 5.78 Å². The lowest BCUT2D eigenvalue weighted by Crippen LogP contribution is -1.96. The molecule has 0 aliphatic carbocycles. The van der Waals surface area contributed by atoms with Gasteiger partial charge in [0.15, 0.2) is 5.78 Å². The van der Waals surface area contributed by atoms with Crippen LogP contribution in [0.1, 0.15) is 34.1 Å². The third-order valence-corrected chi connectivity index (χ3v) is 2.89. The molecule has 0 spiro atoms. The van der Waals surface area contributed by atoms with Crippen LogP contribution in [0, 0.1) is 0 Å². The maximum Gasteiger partial charge on any atom is 0.162 e. The summed E-state index contributed by atoms with van der Waals surface area (Å²) in [5.41, 5.74) is 3.38. The van der Waals surface area contributed by atoms with Crippen molar-refractivity contribution in [3.63, 3.8) is 0 Å². The first-order chi connectivity index (χ1) is 8.74. The number of Topliss-reactive ketones (excluding diaryl/α,β-unsaturated/α-hetero) is 1. The van der Waals surface area contributed by atoms with Gasteiger partial charge in [0.25, 0.3) is 0 Å². The monoisotopic (exact) mass is 238 g/mol. The standard InChI is InChI=1S/C16H14O2/c1-2-16(18)15-5-3-4-14(10-15)13-8-6-12(11-17)7-9-13/h3-11H,2H2,1H3. The van der Waals surface area contributed by atoms with Crippen LogP contribution in [0.5, 0.6) is 0 Å². The van der Waals surface area contributed by atoms with Crippen molar-refractivity contribution in [2.24, 2.45) is 0 Å².